The summed E-state index contributed by atoms with van der Waals surface area (Å²) in [6.07, 6.45) is 2.26. The van der Waals surface area contributed by atoms with Gasteiger partial charge in [0.1, 0.15) is 5.69 Å². The van der Waals surface area contributed by atoms with Gasteiger partial charge in [-0.05, 0) is 9.91 Å². The highest BCUT2D eigenvalue weighted by Crippen LogP contribution is 2.13. The molecule has 1 rings (SSSR count). The van der Waals surface area contributed by atoms with Crippen LogP contribution in [0.15, 0.2) is 12.5 Å². The molecule has 0 aromatic carbocycles. The average Bonchev–Trinajstić information content (AvgIpc) is 1.88. The first-order valence-electron chi connectivity index (χ1n) is 2.41. The maximum absolute atomic E-state index is 10.1. The second-order valence-electron chi connectivity index (χ2n) is 1.56. The molecule has 52 valence electrons. The van der Waals surface area contributed by atoms with Crippen molar-refractivity contribution in [3.8, 4) is 0 Å². The molecule has 0 aliphatic rings. The smallest absolute Gasteiger partial charge is 0.389 e. The van der Waals surface area contributed by atoms with Gasteiger partial charge in [0.15, 0.2) is 0 Å². The number of nitrogens with two attached hydrogens (primary N) is 1. The van der Waals surface area contributed by atoms with Crippen molar-refractivity contribution in [3.63, 3.8) is 0 Å². The van der Waals surface area contributed by atoms with E-state index in [1.54, 1.807) is 0 Å². The molecule has 1 aromatic heterocycles. The molecule has 0 unspecified atom stereocenters. The zero-order chi connectivity index (χ0) is 7.56. The predicted molar refractivity (Wildman–Crippen MR) is 33.1 cm³/mol. The van der Waals surface area contributed by atoms with Crippen LogP contribution in [0.3, 0.4) is 0 Å². The first-order chi connectivity index (χ1) is 4.72. The van der Waals surface area contributed by atoms with Crippen LogP contribution in [0, 0.1) is 10.1 Å². The fraction of sp³-hybridized carbons (Fsp3) is 0. The van der Waals surface area contributed by atoms with E-state index in [1.807, 2.05) is 0 Å². The van der Waals surface area contributed by atoms with Crippen molar-refractivity contribution >= 4 is 11.5 Å². The van der Waals surface area contributed by atoms with E-state index < -0.39 is 4.92 Å². The third kappa shape index (κ3) is 0.993. The second-order valence-corrected chi connectivity index (χ2v) is 1.56. The van der Waals surface area contributed by atoms with Crippen LogP contribution in [-0.4, -0.2) is 14.9 Å². The largest absolute Gasteiger partial charge is 0.391 e. The Morgan fingerprint density at radius 2 is 2.40 bits per heavy atom. The van der Waals surface area contributed by atoms with E-state index in [-0.39, 0.29) is 11.5 Å². The van der Waals surface area contributed by atoms with Gasteiger partial charge in [0.2, 0.25) is 6.33 Å². The molecule has 0 aliphatic carbocycles. The van der Waals surface area contributed by atoms with Crippen molar-refractivity contribution in [2.75, 3.05) is 5.73 Å². The van der Waals surface area contributed by atoms with Gasteiger partial charge in [-0.1, -0.05) is 0 Å². The number of anilines is 1. The van der Waals surface area contributed by atoms with Crippen LogP contribution in [0.25, 0.3) is 0 Å². The summed E-state index contributed by atoms with van der Waals surface area (Å²) in [5, 5.41) is 10.1. The Labute approximate surface area is 55.9 Å². The van der Waals surface area contributed by atoms with Crippen molar-refractivity contribution in [1.82, 2.24) is 9.97 Å². The van der Waals surface area contributed by atoms with Gasteiger partial charge in [-0.2, -0.15) is 0 Å². The SMILES string of the molecule is Nc1cncnc1[N+](=O)[O-]. The first-order valence-corrected chi connectivity index (χ1v) is 2.41. The molecule has 6 heteroatoms. The Kier molecular flexibility index (Phi) is 1.44. The summed E-state index contributed by atoms with van der Waals surface area (Å²) in [4.78, 5) is 16.2. The molecule has 2 N–H and O–H groups in total. The monoisotopic (exact) mass is 140 g/mol. The molecule has 1 heterocycles. The van der Waals surface area contributed by atoms with Crippen molar-refractivity contribution in [3.05, 3.63) is 22.6 Å². The zero-order valence-electron chi connectivity index (χ0n) is 4.89. The Morgan fingerprint density at radius 1 is 1.70 bits per heavy atom. The number of nitro groups is 1. The van der Waals surface area contributed by atoms with Crippen molar-refractivity contribution in [2.45, 2.75) is 0 Å². The molecule has 0 bridgehead atoms. The summed E-state index contributed by atoms with van der Waals surface area (Å²) in [6, 6.07) is 0. The molecule has 0 amide bonds. The lowest BCUT2D eigenvalue weighted by molar-refractivity contribution is -0.388. The summed E-state index contributed by atoms with van der Waals surface area (Å²) in [6.45, 7) is 0. The minimum absolute atomic E-state index is 0.0208. The van der Waals surface area contributed by atoms with Crippen molar-refractivity contribution in [1.29, 1.82) is 0 Å². The van der Waals surface area contributed by atoms with Crippen LogP contribution in [-0.2, 0) is 0 Å². The molecule has 0 atom stereocenters. The summed E-state index contributed by atoms with van der Waals surface area (Å²) < 4.78 is 0. The standard InChI is InChI=1S/C4H4N4O2/c5-3-1-6-2-7-4(3)8(9)10/h1-2H,5H2. The Morgan fingerprint density at radius 3 is 2.80 bits per heavy atom. The van der Waals surface area contributed by atoms with Crippen LogP contribution < -0.4 is 5.73 Å². The van der Waals surface area contributed by atoms with Crippen LogP contribution in [0.5, 0.6) is 0 Å². The maximum Gasteiger partial charge on any atom is 0.389 e. The van der Waals surface area contributed by atoms with Gasteiger partial charge in [0.05, 0.1) is 6.20 Å². The highest BCUT2D eigenvalue weighted by Gasteiger charge is 2.10. The zero-order valence-corrected chi connectivity index (χ0v) is 4.89. The molecule has 0 spiro atoms. The Bertz CT molecular complexity index is 261. The predicted octanol–water partition coefficient (Wildman–Crippen LogP) is -0.0330. The minimum Gasteiger partial charge on any atom is -0.391 e. The number of nitrogen functional groups attached to an aromatic ring is 1. The number of nitrogens with zero attached hydrogens (tertiary/aromatic N) is 3. The quantitative estimate of drug-likeness (QED) is 0.436. The summed E-state index contributed by atoms with van der Waals surface area (Å²) >= 11 is 0. The molecule has 0 aliphatic heterocycles. The van der Waals surface area contributed by atoms with Gasteiger partial charge >= 0.3 is 5.82 Å². The van der Waals surface area contributed by atoms with Crippen molar-refractivity contribution < 1.29 is 4.92 Å². The number of hydrogen-bond acceptors (Lipinski definition) is 5. The molecule has 0 saturated heterocycles. The normalized spacial score (nSPS) is 9.20. The van der Waals surface area contributed by atoms with E-state index in [0.29, 0.717) is 0 Å². The lowest BCUT2D eigenvalue weighted by Crippen LogP contribution is -1.98. The van der Waals surface area contributed by atoms with E-state index in [9.17, 15) is 10.1 Å². The van der Waals surface area contributed by atoms with Crippen LogP contribution in [0.2, 0.25) is 0 Å². The van der Waals surface area contributed by atoms with Gasteiger partial charge < -0.3 is 15.8 Å². The van der Waals surface area contributed by atoms with Gasteiger partial charge in [-0.25, -0.2) is 4.98 Å². The van der Waals surface area contributed by atoms with Crippen LogP contribution in [0.4, 0.5) is 11.5 Å². The fourth-order valence-electron chi connectivity index (χ4n) is 0.486. The second kappa shape index (κ2) is 2.26. The molecular formula is C4H4N4O2. The first kappa shape index (κ1) is 6.40. The minimum atomic E-state index is -0.656. The molecule has 6 nitrogen and oxygen atoms in total. The van der Waals surface area contributed by atoms with Crippen LogP contribution in [0.1, 0.15) is 0 Å². The molecule has 0 radical (unpaired) electrons. The highest BCUT2D eigenvalue weighted by molar-refractivity contribution is 5.49. The van der Waals surface area contributed by atoms with E-state index in [4.69, 9.17) is 5.73 Å². The summed E-state index contributed by atoms with van der Waals surface area (Å²) in [5.41, 5.74) is 5.13. The highest BCUT2D eigenvalue weighted by atomic mass is 16.6. The van der Waals surface area contributed by atoms with Gasteiger partial charge in [-0.15, -0.1) is 0 Å². The number of hydrogen-bond donors (Lipinski definition) is 1. The van der Waals surface area contributed by atoms with E-state index >= 15 is 0 Å². The number of aromatic nitrogens is 2. The van der Waals surface area contributed by atoms with E-state index in [1.165, 1.54) is 6.20 Å². The van der Waals surface area contributed by atoms with E-state index in [0.717, 1.165) is 6.33 Å². The summed E-state index contributed by atoms with van der Waals surface area (Å²) in [5.74, 6) is -0.352. The molecule has 1 aromatic rings. The maximum atomic E-state index is 10.1. The Hall–Kier alpha value is -1.72. The Balaban J connectivity index is 3.15. The van der Waals surface area contributed by atoms with Gasteiger partial charge in [-0.3, -0.25) is 0 Å². The lowest BCUT2D eigenvalue weighted by atomic mass is 10.5. The fourth-order valence-corrected chi connectivity index (χ4v) is 0.486. The third-order valence-electron chi connectivity index (χ3n) is 0.891. The molecular weight excluding hydrogens is 136 g/mol. The number of rotatable bonds is 1. The van der Waals surface area contributed by atoms with Crippen LogP contribution >= 0.6 is 0 Å². The molecule has 0 fully saturated rings. The van der Waals surface area contributed by atoms with Crippen molar-refractivity contribution in [2.24, 2.45) is 0 Å². The van der Waals surface area contributed by atoms with Gasteiger partial charge in [0.25, 0.3) is 0 Å². The summed E-state index contributed by atoms with van der Waals surface area (Å²) in [7, 11) is 0. The molecule has 10 heavy (non-hydrogen) atoms. The average molecular weight is 140 g/mol. The molecule has 0 saturated carbocycles. The third-order valence-corrected chi connectivity index (χ3v) is 0.891. The van der Waals surface area contributed by atoms with E-state index in [2.05, 4.69) is 9.97 Å². The lowest BCUT2D eigenvalue weighted by Gasteiger charge is -1.92. The van der Waals surface area contributed by atoms with Gasteiger partial charge in [0, 0.05) is 0 Å². The topological polar surface area (TPSA) is 94.9 Å².